The molecular formula is C21H22N2O3S. The molecule has 0 radical (unpaired) electrons. The van der Waals surface area contributed by atoms with Crippen molar-refractivity contribution in [3.8, 4) is 6.07 Å². The number of ether oxygens (including phenoxy) is 1. The van der Waals surface area contributed by atoms with Gasteiger partial charge < -0.3 is 4.74 Å². The van der Waals surface area contributed by atoms with E-state index in [0.29, 0.717) is 23.6 Å². The van der Waals surface area contributed by atoms with Gasteiger partial charge in [-0.3, -0.25) is 9.59 Å². The van der Waals surface area contributed by atoms with Gasteiger partial charge in [0.05, 0.1) is 23.5 Å². The van der Waals surface area contributed by atoms with Crippen LogP contribution in [0, 0.1) is 24.2 Å². The van der Waals surface area contributed by atoms with E-state index in [1.807, 2.05) is 31.2 Å². The van der Waals surface area contributed by atoms with Crippen molar-refractivity contribution in [1.82, 2.24) is 0 Å². The summed E-state index contributed by atoms with van der Waals surface area (Å²) in [6.45, 7) is 4.08. The molecule has 6 heteroatoms. The molecule has 0 bridgehead atoms. The van der Waals surface area contributed by atoms with Crippen molar-refractivity contribution >= 4 is 28.6 Å². The summed E-state index contributed by atoms with van der Waals surface area (Å²) in [6, 6.07) is 10.2. The summed E-state index contributed by atoms with van der Waals surface area (Å²) < 4.78 is 4.99. The Morgan fingerprint density at radius 1 is 1.37 bits per heavy atom. The molecule has 0 aromatic heterocycles. The highest BCUT2D eigenvalue weighted by atomic mass is 32.2. The summed E-state index contributed by atoms with van der Waals surface area (Å²) in [5.41, 5.74) is 3.49. The molecule has 3 rings (SSSR count). The van der Waals surface area contributed by atoms with Gasteiger partial charge >= 0.3 is 5.97 Å². The first-order valence-electron chi connectivity index (χ1n) is 9.15. The van der Waals surface area contributed by atoms with Gasteiger partial charge in [-0.05, 0) is 37.8 Å². The number of esters is 1. The Kier molecular flexibility index (Phi) is 6.12. The molecule has 1 aromatic carbocycles. The van der Waals surface area contributed by atoms with Crippen molar-refractivity contribution in [3.63, 3.8) is 0 Å². The van der Waals surface area contributed by atoms with E-state index in [1.54, 1.807) is 6.92 Å². The SMILES string of the molecule is CCOC(=O)CSC1=NC2=C(C(=O)CCC2)C(c2ccccc2C)C1C#N. The predicted octanol–water partition coefficient (Wildman–Crippen LogP) is 3.93. The van der Waals surface area contributed by atoms with Crippen LogP contribution in [0.15, 0.2) is 40.5 Å². The number of carbonyl (C=O) groups is 2. The van der Waals surface area contributed by atoms with Crippen molar-refractivity contribution < 1.29 is 14.3 Å². The molecule has 0 N–H and O–H groups in total. The number of Topliss-reactive ketones (excluding diaryl/α,β-unsaturated/α-hetero) is 1. The Bertz CT molecular complexity index is 866. The third-order valence-electron chi connectivity index (χ3n) is 4.89. The zero-order chi connectivity index (χ0) is 19.4. The van der Waals surface area contributed by atoms with Crippen LogP contribution >= 0.6 is 11.8 Å². The van der Waals surface area contributed by atoms with Crippen molar-refractivity contribution in [2.24, 2.45) is 10.9 Å². The standard InChI is InChI=1S/C21H22N2O3S/c1-3-26-18(25)12-27-21-15(11-22)19(14-8-5-4-7-13(14)2)20-16(23-21)9-6-10-17(20)24/h4-5,7-8,15,19H,3,6,9-10,12H2,1-2H3. The number of hydrogen-bond donors (Lipinski definition) is 0. The average Bonchev–Trinajstić information content (AvgIpc) is 2.66. The van der Waals surface area contributed by atoms with Gasteiger partial charge in [0, 0.05) is 23.6 Å². The number of hydrogen-bond acceptors (Lipinski definition) is 6. The second-order valence-electron chi connectivity index (χ2n) is 6.62. The third kappa shape index (κ3) is 3.98. The lowest BCUT2D eigenvalue weighted by Gasteiger charge is -2.33. The molecule has 1 aromatic rings. The molecule has 0 saturated carbocycles. The van der Waals surface area contributed by atoms with Crippen LogP contribution in [-0.4, -0.2) is 29.2 Å². The van der Waals surface area contributed by atoms with E-state index in [0.717, 1.165) is 29.7 Å². The van der Waals surface area contributed by atoms with Crippen LogP contribution in [0.25, 0.3) is 0 Å². The first-order valence-corrected chi connectivity index (χ1v) is 10.1. The quantitative estimate of drug-likeness (QED) is 0.737. The second-order valence-corrected chi connectivity index (χ2v) is 7.62. The van der Waals surface area contributed by atoms with Crippen molar-refractivity contribution in [2.75, 3.05) is 12.4 Å². The Hall–Kier alpha value is -2.39. The number of thioether (sulfide) groups is 1. The number of nitrogens with zero attached hydrogens (tertiary/aromatic N) is 2. The highest BCUT2D eigenvalue weighted by Gasteiger charge is 2.41. The van der Waals surface area contributed by atoms with Gasteiger partial charge in [0.25, 0.3) is 0 Å². The molecule has 5 nitrogen and oxygen atoms in total. The Morgan fingerprint density at radius 3 is 2.85 bits per heavy atom. The number of carbonyl (C=O) groups excluding carboxylic acids is 2. The van der Waals surface area contributed by atoms with Gasteiger partial charge in [0.15, 0.2) is 5.78 Å². The molecule has 0 saturated heterocycles. The lowest BCUT2D eigenvalue weighted by atomic mass is 9.73. The van der Waals surface area contributed by atoms with Crippen molar-refractivity contribution in [2.45, 2.75) is 39.0 Å². The van der Waals surface area contributed by atoms with Crippen molar-refractivity contribution in [3.05, 3.63) is 46.7 Å². The molecule has 0 amide bonds. The minimum absolute atomic E-state index is 0.0861. The first-order chi connectivity index (χ1) is 13.1. The van der Waals surface area contributed by atoms with Gasteiger partial charge in [-0.25, -0.2) is 4.99 Å². The molecule has 1 heterocycles. The van der Waals surface area contributed by atoms with Crippen LogP contribution in [0.5, 0.6) is 0 Å². The largest absolute Gasteiger partial charge is 0.465 e. The number of aliphatic imine (C=N–C) groups is 1. The summed E-state index contributed by atoms with van der Waals surface area (Å²) in [5.74, 6) is -1.04. The Labute approximate surface area is 163 Å². The maximum absolute atomic E-state index is 12.7. The molecular weight excluding hydrogens is 360 g/mol. The van der Waals surface area contributed by atoms with Gasteiger partial charge in [0.2, 0.25) is 0 Å². The van der Waals surface area contributed by atoms with Crippen molar-refractivity contribution in [1.29, 1.82) is 5.26 Å². The molecule has 0 spiro atoms. The lowest BCUT2D eigenvalue weighted by Crippen LogP contribution is -2.31. The maximum Gasteiger partial charge on any atom is 0.316 e. The summed E-state index contributed by atoms with van der Waals surface area (Å²) in [4.78, 5) is 29.2. The molecule has 1 aliphatic carbocycles. The zero-order valence-corrected chi connectivity index (χ0v) is 16.3. The van der Waals surface area contributed by atoms with E-state index in [-0.39, 0.29) is 23.4 Å². The average molecular weight is 382 g/mol. The monoisotopic (exact) mass is 382 g/mol. The fourth-order valence-electron chi connectivity index (χ4n) is 3.69. The third-order valence-corrected chi connectivity index (χ3v) is 5.91. The summed E-state index contributed by atoms with van der Waals surface area (Å²) in [7, 11) is 0. The number of rotatable bonds is 4. The molecule has 140 valence electrons. The molecule has 27 heavy (non-hydrogen) atoms. The minimum atomic E-state index is -0.577. The molecule has 2 unspecified atom stereocenters. The predicted molar refractivity (Wildman–Crippen MR) is 105 cm³/mol. The summed E-state index contributed by atoms with van der Waals surface area (Å²) in [5, 5.41) is 10.5. The fraction of sp³-hybridized carbons (Fsp3) is 0.429. The Balaban J connectivity index is 2.03. The highest BCUT2D eigenvalue weighted by molar-refractivity contribution is 8.14. The number of allylic oxidation sites excluding steroid dienone is 2. The van der Waals surface area contributed by atoms with Crippen LogP contribution in [0.4, 0.5) is 0 Å². The van der Waals surface area contributed by atoms with E-state index in [4.69, 9.17) is 4.74 Å². The summed E-state index contributed by atoms with van der Waals surface area (Å²) >= 11 is 1.25. The van der Waals surface area contributed by atoms with E-state index in [1.165, 1.54) is 11.8 Å². The first kappa shape index (κ1) is 19.4. The smallest absolute Gasteiger partial charge is 0.316 e. The van der Waals surface area contributed by atoms with Crippen LogP contribution in [-0.2, 0) is 14.3 Å². The zero-order valence-electron chi connectivity index (χ0n) is 15.5. The van der Waals surface area contributed by atoms with E-state index < -0.39 is 5.92 Å². The van der Waals surface area contributed by atoms with Gasteiger partial charge in [-0.1, -0.05) is 36.0 Å². The topological polar surface area (TPSA) is 79.5 Å². The Morgan fingerprint density at radius 2 is 2.15 bits per heavy atom. The molecule has 0 fully saturated rings. The van der Waals surface area contributed by atoms with E-state index >= 15 is 0 Å². The number of nitriles is 1. The minimum Gasteiger partial charge on any atom is -0.465 e. The number of aryl methyl sites for hydroxylation is 1. The van der Waals surface area contributed by atoms with E-state index in [2.05, 4.69) is 11.1 Å². The second kappa shape index (κ2) is 8.53. The molecule has 2 aliphatic rings. The number of ketones is 1. The van der Waals surface area contributed by atoms with Crippen LogP contribution < -0.4 is 0 Å². The normalized spacial score (nSPS) is 22.0. The van der Waals surface area contributed by atoms with Crippen LogP contribution in [0.2, 0.25) is 0 Å². The van der Waals surface area contributed by atoms with E-state index in [9.17, 15) is 14.9 Å². The van der Waals surface area contributed by atoms with Crippen LogP contribution in [0.3, 0.4) is 0 Å². The van der Waals surface area contributed by atoms with Gasteiger partial charge in [0.1, 0.15) is 5.92 Å². The highest BCUT2D eigenvalue weighted by Crippen LogP contribution is 2.45. The van der Waals surface area contributed by atoms with Gasteiger partial charge in [-0.15, -0.1) is 0 Å². The molecule has 2 atom stereocenters. The van der Waals surface area contributed by atoms with Gasteiger partial charge in [-0.2, -0.15) is 5.26 Å². The van der Waals surface area contributed by atoms with Crippen LogP contribution in [0.1, 0.15) is 43.2 Å². The lowest BCUT2D eigenvalue weighted by molar-refractivity contribution is -0.139. The number of benzene rings is 1. The molecule has 1 aliphatic heterocycles. The summed E-state index contributed by atoms with van der Waals surface area (Å²) in [6.07, 6.45) is 2.00. The fourth-order valence-corrected chi connectivity index (χ4v) is 4.58. The maximum atomic E-state index is 12.7.